The molecule has 2 N–H and O–H groups in total. The van der Waals surface area contributed by atoms with Gasteiger partial charge in [-0.15, -0.1) is 0 Å². The normalized spacial score (nSPS) is 10.5. The molecule has 5 nitrogen and oxygen atoms in total. The predicted molar refractivity (Wildman–Crippen MR) is 65.2 cm³/mol. The van der Waals surface area contributed by atoms with Crippen molar-refractivity contribution in [2.75, 3.05) is 20.0 Å². The Morgan fingerprint density at radius 2 is 2.18 bits per heavy atom. The zero-order chi connectivity index (χ0) is 12.3. The number of anilines is 1. The van der Waals surface area contributed by atoms with Crippen LogP contribution in [0, 0.1) is 0 Å². The van der Waals surface area contributed by atoms with Crippen molar-refractivity contribution in [3.8, 4) is 11.4 Å². The van der Waals surface area contributed by atoms with Crippen molar-refractivity contribution in [3.05, 3.63) is 36.4 Å². The number of hydrogen-bond acceptors (Lipinski definition) is 4. The van der Waals surface area contributed by atoms with E-state index in [-0.39, 0.29) is 0 Å². The van der Waals surface area contributed by atoms with Crippen LogP contribution in [0.2, 0.25) is 0 Å². The lowest BCUT2D eigenvalue weighted by atomic mass is 10.2. The molecule has 0 unspecified atom stereocenters. The zero-order valence-electron chi connectivity index (χ0n) is 9.88. The van der Waals surface area contributed by atoms with Gasteiger partial charge in [0.25, 0.3) is 0 Å². The van der Waals surface area contributed by atoms with Crippen molar-refractivity contribution in [1.29, 1.82) is 0 Å². The summed E-state index contributed by atoms with van der Waals surface area (Å²) in [5.41, 5.74) is 8.38. The van der Waals surface area contributed by atoms with Crippen molar-refractivity contribution in [2.45, 2.75) is 6.61 Å². The minimum Gasteiger partial charge on any atom is -0.495 e. The average Bonchev–Trinajstić information content (AvgIpc) is 2.78. The molecule has 0 saturated carbocycles. The molecule has 0 spiro atoms. The molecule has 5 heteroatoms. The van der Waals surface area contributed by atoms with E-state index in [1.54, 1.807) is 26.7 Å². The molecule has 0 aliphatic rings. The zero-order valence-corrected chi connectivity index (χ0v) is 9.88. The summed E-state index contributed by atoms with van der Waals surface area (Å²) in [6.07, 6.45) is 3.50. The quantitative estimate of drug-likeness (QED) is 0.815. The van der Waals surface area contributed by atoms with Crippen LogP contribution in [0.1, 0.15) is 5.69 Å². The number of nitrogens with zero attached hydrogens (tertiary/aromatic N) is 2. The van der Waals surface area contributed by atoms with Crippen LogP contribution in [0.25, 0.3) is 5.69 Å². The molecule has 0 aliphatic heterocycles. The van der Waals surface area contributed by atoms with Gasteiger partial charge in [0.05, 0.1) is 37.6 Å². The van der Waals surface area contributed by atoms with Gasteiger partial charge in [-0.2, -0.15) is 0 Å². The van der Waals surface area contributed by atoms with Crippen LogP contribution in [0.4, 0.5) is 5.69 Å². The monoisotopic (exact) mass is 233 g/mol. The summed E-state index contributed by atoms with van der Waals surface area (Å²) in [5.74, 6) is 0.669. The molecule has 0 amide bonds. The third-order valence-electron chi connectivity index (χ3n) is 2.50. The number of hydrogen-bond donors (Lipinski definition) is 1. The van der Waals surface area contributed by atoms with Gasteiger partial charge in [-0.05, 0) is 18.2 Å². The Bertz CT molecular complexity index is 508. The number of methoxy groups -OCH3 is 2. The van der Waals surface area contributed by atoms with Gasteiger partial charge < -0.3 is 19.8 Å². The Kier molecular flexibility index (Phi) is 3.30. The molecule has 1 heterocycles. The third-order valence-corrected chi connectivity index (χ3v) is 2.50. The van der Waals surface area contributed by atoms with Gasteiger partial charge in [0, 0.05) is 12.8 Å². The SMILES string of the molecule is COCc1cncn1-c1ccc(OC)c(N)c1. The highest BCUT2D eigenvalue weighted by atomic mass is 16.5. The molecule has 0 atom stereocenters. The van der Waals surface area contributed by atoms with Gasteiger partial charge in [-0.3, -0.25) is 0 Å². The summed E-state index contributed by atoms with van der Waals surface area (Å²) < 4.78 is 12.2. The van der Waals surface area contributed by atoms with Gasteiger partial charge in [-0.25, -0.2) is 4.98 Å². The van der Waals surface area contributed by atoms with E-state index in [2.05, 4.69) is 4.98 Å². The van der Waals surface area contributed by atoms with Crippen molar-refractivity contribution in [3.63, 3.8) is 0 Å². The van der Waals surface area contributed by atoms with E-state index >= 15 is 0 Å². The summed E-state index contributed by atoms with van der Waals surface area (Å²) in [7, 11) is 3.25. The predicted octanol–water partition coefficient (Wildman–Crippen LogP) is 1.61. The number of aromatic nitrogens is 2. The Labute approximate surface area is 99.8 Å². The molecule has 0 bridgehead atoms. The number of imidazole rings is 1. The van der Waals surface area contributed by atoms with Gasteiger partial charge in [0.15, 0.2) is 0 Å². The lowest BCUT2D eigenvalue weighted by Gasteiger charge is -2.10. The fourth-order valence-corrected chi connectivity index (χ4v) is 1.68. The first-order valence-electron chi connectivity index (χ1n) is 5.20. The number of benzene rings is 1. The van der Waals surface area contributed by atoms with Crippen molar-refractivity contribution >= 4 is 5.69 Å². The Balaban J connectivity index is 2.39. The van der Waals surface area contributed by atoms with Gasteiger partial charge >= 0.3 is 0 Å². The van der Waals surface area contributed by atoms with Crippen LogP contribution in [0.15, 0.2) is 30.7 Å². The van der Waals surface area contributed by atoms with Crippen LogP contribution in [0.5, 0.6) is 5.75 Å². The average molecular weight is 233 g/mol. The number of nitrogen functional groups attached to an aromatic ring is 1. The van der Waals surface area contributed by atoms with E-state index in [1.165, 1.54) is 0 Å². The summed E-state index contributed by atoms with van der Waals surface area (Å²) in [6.45, 7) is 0.506. The van der Waals surface area contributed by atoms with E-state index in [1.807, 2.05) is 22.8 Å². The van der Waals surface area contributed by atoms with E-state index in [0.29, 0.717) is 18.0 Å². The van der Waals surface area contributed by atoms with Crippen LogP contribution in [-0.4, -0.2) is 23.8 Å². The van der Waals surface area contributed by atoms with E-state index in [0.717, 1.165) is 11.4 Å². The molecular weight excluding hydrogens is 218 g/mol. The second kappa shape index (κ2) is 4.88. The maximum atomic E-state index is 5.87. The fraction of sp³-hybridized carbons (Fsp3) is 0.250. The highest BCUT2D eigenvalue weighted by Gasteiger charge is 2.06. The van der Waals surface area contributed by atoms with Crippen molar-refractivity contribution in [1.82, 2.24) is 9.55 Å². The molecule has 1 aromatic heterocycles. The van der Waals surface area contributed by atoms with E-state index in [9.17, 15) is 0 Å². The molecule has 2 rings (SSSR count). The summed E-state index contributed by atoms with van der Waals surface area (Å²) in [4.78, 5) is 4.10. The maximum Gasteiger partial charge on any atom is 0.141 e. The largest absolute Gasteiger partial charge is 0.495 e. The van der Waals surface area contributed by atoms with E-state index in [4.69, 9.17) is 15.2 Å². The summed E-state index contributed by atoms with van der Waals surface area (Å²) >= 11 is 0. The lowest BCUT2D eigenvalue weighted by Crippen LogP contribution is -2.01. The molecule has 17 heavy (non-hydrogen) atoms. The van der Waals surface area contributed by atoms with Crippen LogP contribution < -0.4 is 10.5 Å². The molecular formula is C12H15N3O2. The standard InChI is InChI=1S/C12H15N3O2/c1-16-7-10-6-14-8-15(10)9-3-4-12(17-2)11(13)5-9/h3-6,8H,7,13H2,1-2H3. The molecule has 0 saturated heterocycles. The smallest absolute Gasteiger partial charge is 0.141 e. The highest BCUT2D eigenvalue weighted by molar-refractivity contribution is 5.58. The van der Waals surface area contributed by atoms with Gasteiger partial charge in [0.2, 0.25) is 0 Å². The van der Waals surface area contributed by atoms with Gasteiger partial charge in [0.1, 0.15) is 5.75 Å². The van der Waals surface area contributed by atoms with Crippen LogP contribution in [0.3, 0.4) is 0 Å². The first-order valence-corrected chi connectivity index (χ1v) is 5.20. The number of ether oxygens (including phenoxy) is 2. The maximum absolute atomic E-state index is 5.87. The van der Waals surface area contributed by atoms with Crippen LogP contribution in [-0.2, 0) is 11.3 Å². The minimum atomic E-state index is 0.506. The molecule has 2 aromatic rings. The Hall–Kier alpha value is -2.01. The summed E-state index contributed by atoms with van der Waals surface area (Å²) in [5, 5.41) is 0. The first-order chi connectivity index (χ1) is 8.26. The molecule has 1 aromatic carbocycles. The second-order valence-corrected chi connectivity index (χ2v) is 3.61. The fourth-order valence-electron chi connectivity index (χ4n) is 1.68. The molecule has 0 radical (unpaired) electrons. The van der Waals surface area contributed by atoms with E-state index < -0.39 is 0 Å². The number of rotatable bonds is 4. The minimum absolute atomic E-state index is 0.506. The van der Waals surface area contributed by atoms with Crippen molar-refractivity contribution < 1.29 is 9.47 Å². The Morgan fingerprint density at radius 3 is 2.82 bits per heavy atom. The van der Waals surface area contributed by atoms with Gasteiger partial charge in [-0.1, -0.05) is 0 Å². The molecule has 0 fully saturated rings. The third kappa shape index (κ3) is 2.24. The van der Waals surface area contributed by atoms with Crippen molar-refractivity contribution in [2.24, 2.45) is 0 Å². The van der Waals surface area contributed by atoms with Crippen LogP contribution >= 0.6 is 0 Å². The lowest BCUT2D eigenvalue weighted by molar-refractivity contribution is 0.180. The first kappa shape index (κ1) is 11.5. The second-order valence-electron chi connectivity index (χ2n) is 3.61. The Morgan fingerprint density at radius 1 is 1.35 bits per heavy atom. The highest BCUT2D eigenvalue weighted by Crippen LogP contribution is 2.24. The topological polar surface area (TPSA) is 62.3 Å². The summed E-state index contributed by atoms with van der Waals surface area (Å²) in [6, 6.07) is 5.61. The number of nitrogens with two attached hydrogens (primary N) is 1. The molecule has 0 aliphatic carbocycles. The molecule has 90 valence electrons.